The minimum atomic E-state index is -1.00. The maximum absolute atomic E-state index is 13.0. The zero-order valence-corrected chi connectivity index (χ0v) is 24.2. The first kappa shape index (κ1) is 29.5. The van der Waals surface area contributed by atoms with Gasteiger partial charge in [-0.1, -0.05) is 60.2 Å². The summed E-state index contributed by atoms with van der Waals surface area (Å²) in [4.78, 5) is 38.4. The summed E-state index contributed by atoms with van der Waals surface area (Å²) in [5.74, 6) is -1.76. The first-order valence-corrected chi connectivity index (χ1v) is 13.9. The Hall–Kier alpha value is -6.03. The van der Waals surface area contributed by atoms with Gasteiger partial charge in [0.25, 0.3) is 5.91 Å². The van der Waals surface area contributed by atoms with E-state index in [0.717, 1.165) is 16.8 Å². The zero-order chi connectivity index (χ0) is 30.9. The molecule has 220 valence electrons. The third-order valence-corrected chi connectivity index (χ3v) is 6.51. The second kappa shape index (κ2) is 13.8. The van der Waals surface area contributed by atoms with Gasteiger partial charge in [0, 0.05) is 23.0 Å². The highest BCUT2D eigenvalue weighted by Gasteiger charge is 2.18. The maximum atomic E-state index is 13.0. The number of carbonyl (C=O) groups is 3. The average molecular weight is 587 g/mol. The van der Waals surface area contributed by atoms with Gasteiger partial charge in [-0.15, -0.1) is 0 Å². The summed E-state index contributed by atoms with van der Waals surface area (Å²) in [6.45, 7) is 4.42. The minimum Gasteiger partial charge on any atom is -0.494 e. The number of hydrogen-bond donors (Lipinski definition) is 3. The summed E-state index contributed by atoms with van der Waals surface area (Å²) in [7, 11) is 0. The quantitative estimate of drug-likeness (QED) is 0.118. The molecule has 44 heavy (non-hydrogen) atoms. The maximum Gasteiger partial charge on any atom is 0.329 e. The lowest BCUT2D eigenvalue weighted by atomic mass is 10.1. The number of aromatic nitrogens is 2. The molecule has 10 heteroatoms. The van der Waals surface area contributed by atoms with Crippen molar-refractivity contribution >= 4 is 35.3 Å². The van der Waals surface area contributed by atoms with E-state index in [1.165, 1.54) is 12.3 Å². The lowest BCUT2D eigenvalue weighted by Crippen LogP contribution is -2.33. The lowest BCUT2D eigenvalue weighted by molar-refractivity contribution is -0.136. The van der Waals surface area contributed by atoms with Crippen molar-refractivity contribution < 1.29 is 19.1 Å². The van der Waals surface area contributed by atoms with Gasteiger partial charge >= 0.3 is 11.8 Å². The van der Waals surface area contributed by atoms with Gasteiger partial charge < -0.3 is 15.4 Å². The third-order valence-electron chi connectivity index (χ3n) is 6.51. The first-order valence-electron chi connectivity index (χ1n) is 13.9. The molecule has 1 heterocycles. The molecule has 0 aliphatic rings. The van der Waals surface area contributed by atoms with E-state index in [-0.39, 0.29) is 11.3 Å². The molecular weight excluding hydrogens is 556 g/mol. The summed E-state index contributed by atoms with van der Waals surface area (Å²) < 4.78 is 7.15. The lowest BCUT2D eigenvalue weighted by Gasteiger charge is -2.11. The van der Waals surface area contributed by atoms with Gasteiger partial charge in [-0.25, -0.2) is 10.1 Å². The SMILES string of the molecule is CCOc1ccc(NC(=O)c2ccccc2NC(=O)C(=O)N/N=C\c2cn(-c3ccccc3)nc2-c2ccc(C)cc2)cc1. The summed E-state index contributed by atoms with van der Waals surface area (Å²) in [6.07, 6.45) is 3.23. The van der Waals surface area contributed by atoms with Crippen LogP contribution in [-0.2, 0) is 9.59 Å². The predicted octanol–water partition coefficient (Wildman–Crippen LogP) is 5.59. The molecule has 3 N–H and O–H groups in total. The number of carbonyl (C=O) groups excluding carboxylic acids is 3. The van der Waals surface area contributed by atoms with E-state index in [0.29, 0.717) is 29.3 Å². The van der Waals surface area contributed by atoms with Crippen LogP contribution in [0.4, 0.5) is 11.4 Å². The Kier molecular flexibility index (Phi) is 9.21. The van der Waals surface area contributed by atoms with Crippen molar-refractivity contribution in [3.05, 3.63) is 126 Å². The molecule has 0 spiro atoms. The van der Waals surface area contributed by atoms with E-state index < -0.39 is 17.7 Å². The number of nitrogens with zero attached hydrogens (tertiary/aromatic N) is 3. The third kappa shape index (κ3) is 7.24. The molecular formula is C34H30N6O4. The molecule has 0 unspecified atom stereocenters. The normalized spacial score (nSPS) is 10.8. The second-order valence-electron chi connectivity index (χ2n) is 9.69. The summed E-state index contributed by atoms with van der Waals surface area (Å²) in [6, 6.07) is 30.8. The minimum absolute atomic E-state index is 0.172. The Morgan fingerprint density at radius 3 is 2.27 bits per heavy atom. The van der Waals surface area contributed by atoms with Crippen LogP contribution in [0.25, 0.3) is 16.9 Å². The van der Waals surface area contributed by atoms with Gasteiger partial charge in [0.05, 0.1) is 29.8 Å². The van der Waals surface area contributed by atoms with Crippen LogP contribution in [0, 0.1) is 6.92 Å². The van der Waals surface area contributed by atoms with Crippen molar-refractivity contribution in [2.75, 3.05) is 17.2 Å². The van der Waals surface area contributed by atoms with Crippen LogP contribution in [0.3, 0.4) is 0 Å². The number of nitrogens with one attached hydrogen (secondary N) is 3. The Balaban J connectivity index is 1.27. The Morgan fingerprint density at radius 2 is 1.55 bits per heavy atom. The first-order chi connectivity index (χ1) is 21.4. The van der Waals surface area contributed by atoms with E-state index in [9.17, 15) is 14.4 Å². The molecule has 0 radical (unpaired) electrons. The number of ether oxygens (including phenoxy) is 1. The van der Waals surface area contributed by atoms with Crippen LogP contribution in [-0.4, -0.2) is 40.3 Å². The fourth-order valence-corrected chi connectivity index (χ4v) is 4.31. The molecule has 0 aliphatic carbocycles. The number of aryl methyl sites for hydroxylation is 1. The molecule has 3 amide bonds. The van der Waals surface area contributed by atoms with E-state index in [1.807, 2.05) is 68.4 Å². The van der Waals surface area contributed by atoms with Gasteiger partial charge in [0.2, 0.25) is 0 Å². The Morgan fingerprint density at radius 1 is 0.841 bits per heavy atom. The van der Waals surface area contributed by atoms with Gasteiger partial charge in [0.15, 0.2) is 0 Å². The number of rotatable bonds is 9. The van der Waals surface area contributed by atoms with Crippen LogP contribution < -0.4 is 20.8 Å². The summed E-state index contributed by atoms with van der Waals surface area (Å²) >= 11 is 0. The van der Waals surface area contributed by atoms with Crippen molar-refractivity contribution in [3.8, 4) is 22.7 Å². The highest BCUT2D eigenvalue weighted by Crippen LogP contribution is 2.23. The second-order valence-corrected chi connectivity index (χ2v) is 9.69. The number of amides is 3. The van der Waals surface area contributed by atoms with Gasteiger partial charge in [-0.2, -0.15) is 10.2 Å². The summed E-state index contributed by atoms with van der Waals surface area (Å²) in [5, 5.41) is 14.0. The van der Waals surface area contributed by atoms with Crippen molar-refractivity contribution in [1.29, 1.82) is 0 Å². The van der Waals surface area contributed by atoms with E-state index >= 15 is 0 Å². The molecule has 4 aromatic carbocycles. The number of hydrazone groups is 1. The number of benzene rings is 4. The predicted molar refractivity (Wildman–Crippen MR) is 170 cm³/mol. The van der Waals surface area contributed by atoms with Crippen molar-refractivity contribution in [2.24, 2.45) is 5.10 Å². The molecule has 1 aromatic heterocycles. The van der Waals surface area contributed by atoms with E-state index in [1.54, 1.807) is 53.3 Å². The number of hydrogen-bond acceptors (Lipinski definition) is 6. The van der Waals surface area contributed by atoms with Crippen molar-refractivity contribution in [1.82, 2.24) is 15.2 Å². The number of para-hydroxylation sites is 2. The molecule has 5 aromatic rings. The van der Waals surface area contributed by atoms with Gasteiger partial charge in [-0.3, -0.25) is 14.4 Å². The van der Waals surface area contributed by atoms with Crippen LogP contribution in [0.5, 0.6) is 5.75 Å². The van der Waals surface area contributed by atoms with E-state index in [4.69, 9.17) is 9.84 Å². The molecule has 10 nitrogen and oxygen atoms in total. The van der Waals surface area contributed by atoms with Crippen LogP contribution in [0.2, 0.25) is 0 Å². The molecule has 0 aliphatic heterocycles. The van der Waals surface area contributed by atoms with Crippen LogP contribution in [0.1, 0.15) is 28.4 Å². The highest BCUT2D eigenvalue weighted by molar-refractivity contribution is 6.40. The molecule has 0 saturated heterocycles. The average Bonchev–Trinajstić information content (AvgIpc) is 3.47. The fourth-order valence-electron chi connectivity index (χ4n) is 4.31. The van der Waals surface area contributed by atoms with Crippen LogP contribution in [0.15, 0.2) is 114 Å². The Labute approximate surface area is 254 Å². The van der Waals surface area contributed by atoms with E-state index in [2.05, 4.69) is 21.2 Å². The standard InChI is InChI=1S/C34H30N6O4/c1-3-44-28-19-17-26(18-20-28)36-32(41)29-11-7-8-12-30(29)37-33(42)34(43)38-35-21-25-22-40(27-9-5-4-6-10-27)39-31(25)24-15-13-23(2)14-16-24/h4-22H,3H2,1-2H3,(H,36,41)(H,37,42)(H,38,43)/b35-21-. The van der Waals surface area contributed by atoms with Gasteiger partial charge in [-0.05, 0) is 62.4 Å². The fraction of sp³-hybridized carbons (Fsp3) is 0.0882. The zero-order valence-electron chi connectivity index (χ0n) is 24.2. The van der Waals surface area contributed by atoms with Crippen molar-refractivity contribution in [2.45, 2.75) is 13.8 Å². The van der Waals surface area contributed by atoms with Crippen molar-refractivity contribution in [3.63, 3.8) is 0 Å². The van der Waals surface area contributed by atoms with Gasteiger partial charge in [0.1, 0.15) is 11.4 Å². The largest absolute Gasteiger partial charge is 0.494 e. The molecule has 0 fully saturated rings. The monoisotopic (exact) mass is 586 g/mol. The molecule has 5 rings (SSSR count). The topological polar surface area (TPSA) is 127 Å². The number of anilines is 2. The Bertz CT molecular complexity index is 1800. The molecule has 0 atom stereocenters. The smallest absolute Gasteiger partial charge is 0.329 e. The summed E-state index contributed by atoms with van der Waals surface area (Å²) in [5.41, 5.74) is 7.29. The molecule has 0 saturated carbocycles. The highest BCUT2D eigenvalue weighted by atomic mass is 16.5. The molecule has 0 bridgehead atoms. The van der Waals surface area contributed by atoms with Crippen LogP contribution >= 0.6 is 0 Å².